The van der Waals surface area contributed by atoms with Gasteiger partial charge in [-0.25, -0.2) is 9.97 Å². The number of fused-ring (bicyclic) bond motifs is 1. The van der Waals surface area contributed by atoms with Crippen molar-refractivity contribution in [2.75, 3.05) is 0 Å². The molecular formula is C16H15N3O. The average Bonchev–Trinajstić information content (AvgIpc) is 2.90. The van der Waals surface area contributed by atoms with Gasteiger partial charge in [0, 0.05) is 17.3 Å². The summed E-state index contributed by atoms with van der Waals surface area (Å²) in [5, 5.41) is 0.832. The minimum absolute atomic E-state index is 0.618. The maximum absolute atomic E-state index is 11.1. The molecule has 0 atom stereocenters. The van der Waals surface area contributed by atoms with Gasteiger partial charge in [-0.3, -0.25) is 4.79 Å². The maximum Gasteiger partial charge on any atom is 0.161 e. The summed E-state index contributed by atoms with van der Waals surface area (Å²) in [7, 11) is 0. The van der Waals surface area contributed by atoms with Crippen LogP contribution in [-0.4, -0.2) is 21.2 Å². The van der Waals surface area contributed by atoms with Crippen LogP contribution >= 0.6 is 0 Å². The summed E-state index contributed by atoms with van der Waals surface area (Å²) < 4.78 is 0. The highest BCUT2D eigenvalue weighted by atomic mass is 16.1. The van der Waals surface area contributed by atoms with E-state index < -0.39 is 0 Å². The van der Waals surface area contributed by atoms with Crippen molar-refractivity contribution in [3.8, 4) is 11.4 Å². The second kappa shape index (κ2) is 4.89. The van der Waals surface area contributed by atoms with Gasteiger partial charge < -0.3 is 4.98 Å². The summed E-state index contributed by atoms with van der Waals surface area (Å²) >= 11 is 0. The number of aromatic nitrogens is 3. The number of benzene rings is 1. The predicted molar refractivity (Wildman–Crippen MR) is 78.8 cm³/mol. The number of rotatable bonds is 3. The Kier molecular flexibility index (Phi) is 3.06. The lowest BCUT2D eigenvalue weighted by atomic mass is 10.1. The number of nitrogens with one attached hydrogen (secondary N) is 1. The number of H-pyrrole nitrogens is 1. The monoisotopic (exact) mass is 265 g/mol. The largest absolute Gasteiger partial charge is 0.345 e. The van der Waals surface area contributed by atoms with E-state index in [0.717, 1.165) is 35.0 Å². The van der Waals surface area contributed by atoms with Crippen molar-refractivity contribution in [3.63, 3.8) is 0 Å². The lowest BCUT2D eigenvalue weighted by Gasteiger charge is -2.05. The van der Waals surface area contributed by atoms with Crippen LogP contribution in [0.15, 0.2) is 30.5 Å². The van der Waals surface area contributed by atoms with E-state index >= 15 is 0 Å². The zero-order valence-electron chi connectivity index (χ0n) is 11.5. The summed E-state index contributed by atoms with van der Waals surface area (Å²) in [6.07, 6.45) is 3.29. The van der Waals surface area contributed by atoms with Crippen molar-refractivity contribution in [3.05, 3.63) is 47.3 Å². The van der Waals surface area contributed by atoms with Crippen molar-refractivity contribution in [1.29, 1.82) is 0 Å². The number of aromatic amines is 1. The zero-order chi connectivity index (χ0) is 14.1. The zero-order valence-corrected chi connectivity index (χ0v) is 11.5. The Bertz CT molecular complexity index is 772. The molecule has 1 aromatic carbocycles. The maximum atomic E-state index is 11.1. The van der Waals surface area contributed by atoms with Gasteiger partial charge in [-0.1, -0.05) is 36.8 Å². The Morgan fingerprint density at radius 3 is 2.60 bits per heavy atom. The second-order valence-corrected chi connectivity index (χ2v) is 4.80. The molecule has 0 radical (unpaired) electrons. The lowest BCUT2D eigenvalue weighted by molar-refractivity contribution is 0.112. The van der Waals surface area contributed by atoms with Crippen molar-refractivity contribution in [2.24, 2.45) is 0 Å². The molecule has 0 saturated carbocycles. The van der Waals surface area contributed by atoms with Crippen LogP contribution in [0, 0.1) is 6.92 Å². The fourth-order valence-electron chi connectivity index (χ4n) is 2.31. The van der Waals surface area contributed by atoms with Gasteiger partial charge in [0.15, 0.2) is 12.1 Å². The molecule has 0 saturated heterocycles. The van der Waals surface area contributed by atoms with E-state index in [4.69, 9.17) is 0 Å². The molecule has 4 nitrogen and oxygen atoms in total. The molecule has 0 aliphatic carbocycles. The molecule has 100 valence electrons. The highest BCUT2D eigenvalue weighted by molar-refractivity contribution is 5.97. The van der Waals surface area contributed by atoms with Gasteiger partial charge in [0.2, 0.25) is 0 Å². The van der Waals surface area contributed by atoms with Crippen molar-refractivity contribution >= 4 is 17.3 Å². The van der Waals surface area contributed by atoms with Gasteiger partial charge in [-0.05, 0) is 13.3 Å². The topological polar surface area (TPSA) is 58.6 Å². The van der Waals surface area contributed by atoms with Crippen LogP contribution < -0.4 is 0 Å². The third-order valence-electron chi connectivity index (χ3n) is 3.41. The van der Waals surface area contributed by atoms with Gasteiger partial charge in [0.1, 0.15) is 5.65 Å². The normalized spacial score (nSPS) is 10.9. The Hall–Kier alpha value is -2.49. The first kappa shape index (κ1) is 12.5. The van der Waals surface area contributed by atoms with Crippen LogP contribution in [0.5, 0.6) is 0 Å². The van der Waals surface area contributed by atoms with E-state index in [9.17, 15) is 4.79 Å². The third kappa shape index (κ3) is 1.99. The molecule has 0 aliphatic rings. The van der Waals surface area contributed by atoms with E-state index in [2.05, 4.69) is 15.0 Å². The Morgan fingerprint density at radius 2 is 1.95 bits per heavy atom. The Labute approximate surface area is 116 Å². The molecule has 0 bridgehead atoms. The first-order valence-electron chi connectivity index (χ1n) is 6.63. The molecule has 2 heterocycles. The Balaban J connectivity index is 2.23. The number of carbonyl (C=O) groups is 1. The standard InChI is InChI=1S/C16H15N3O/c1-3-13-14-12(9-20)8-17-16(14)19-15(18-13)11-6-4-10(2)5-7-11/h4-9H,3H2,1-2H3,(H,17,18,19). The van der Waals surface area contributed by atoms with E-state index in [0.29, 0.717) is 11.4 Å². The van der Waals surface area contributed by atoms with Crippen LogP contribution in [0.25, 0.3) is 22.4 Å². The summed E-state index contributed by atoms with van der Waals surface area (Å²) in [6.45, 7) is 4.08. The van der Waals surface area contributed by atoms with E-state index in [-0.39, 0.29) is 0 Å². The number of aldehydes is 1. The molecule has 2 aromatic heterocycles. The molecule has 0 aliphatic heterocycles. The van der Waals surface area contributed by atoms with E-state index in [1.165, 1.54) is 5.56 Å². The van der Waals surface area contributed by atoms with Crippen LogP contribution in [0.1, 0.15) is 28.5 Å². The minimum atomic E-state index is 0.618. The summed E-state index contributed by atoms with van der Waals surface area (Å²) in [5.74, 6) is 0.689. The minimum Gasteiger partial charge on any atom is -0.345 e. The number of nitrogens with zero attached hydrogens (tertiary/aromatic N) is 2. The number of hydrogen-bond acceptors (Lipinski definition) is 3. The number of aryl methyl sites for hydroxylation is 2. The lowest BCUT2D eigenvalue weighted by Crippen LogP contribution is -1.97. The molecule has 3 aromatic rings. The fraction of sp³-hybridized carbons (Fsp3) is 0.188. The van der Waals surface area contributed by atoms with Crippen molar-refractivity contribution in [1.82, 2.24) is 15.0 Å². The molecule has 1 N–H and O–H groups in total. The molecule has 4 heteroatoms. The van der Waals surface area contributed by atoms with Gasteiger partial charge in [-0.2, -0.15) is 0 Å². The molecule has 20 heavy (non-hydrogen) atoms. The number of carbonyl (C=O) groups excluding carboxylic acids is 1. The molecule has 0 amide bonds. The van der Waals surface area contributed by atoms with E-state index in [1.54, 1.807) is 6.20 Å². The number of hydrogen-bond donors (Lipinski definition) is 1. The van der Waals surface area contributed by atoms with Gasteiger partial charge >= 0.3 is 0 Å². The fourth-order valence-corrected chi connectivity index (χ4v) is 2.31. The highest BCUT2D eigenvalue weighted by Gasteiger charge is 2.13. The first-order chi connectivity index (χ1) is 9.72. The van der Waals surface area contributed by atoms with Crippen LogP contribution in [0.3, 0.4) is 0 Å². The molecule has 0 unspecified atom stereocenters. The highest BCUT2D eigenvalue weighted by Crippen LogP contribution is 2.24. The molecule has 3 rings (SSSR count). The smallest absolute Gasteiger partial charge is 0.161 e. The first-order valence-corrected chi connectivity index (χ1v) is 6.63. The summed E-state index contributed by atoms with van der Waals surface area (Å²) in [4.78, 5) is 23.3. The average molecular weight is 265 g/mol. The van der Waals surface area contributed by atoms with Crippen LogP contribution in [0.4, 0.5) is 0 Å². The molecule has 0 fully saturated rings. The van der Waals surface area contributed by atoms with Crippen molar-refractivity contribution in [2.45, 2.75) is 20.3 Å². The molecule has 0 spiro atoms. The van der Waals surface area contributed by atoms with Crippen molar-refractivity contribution < 1.29 is 4.79 Å². The van der Waals surface area contributed by atoms with Crippen LogP contribution in [0.2, 0.25) is 0 Å². The van der Waals surface area contributed by atoms with Gasteiger partial charge in [-0.15, -0.1) is 0 Å². The SMILES string of the molecule is CCc1nc(-c2ccc(C)cc2)nc2[nH]cc(C=O)c12. The third-order valence-corrected chi connectivity index (χ3v) is 3.41. The quantitative estimate of drug-likeness (QED) is 0.739. The van der Waals surface area contributed by atoms with Crippen LogP contribution in [-0.2, 0) is 6.42 Å². The Morgan fingerprint density at radius 1 is 1.20 bits per heavy atom. The van der Waals surface area contributed by atoms with E-state index in [1.807, 2.05) is 38.1 Å². The summed E-state index contributed by atoms with van der Waals surface area (Å²) in [6, 6.07) is 8.11. The predicted octanol–water partition coefficient (Wildman–Crippen LogP) is 3.31. The molecular weight excluding hydrogens is 250 g/mol. The van der Waals surface area contributed by atoms with Gasteiger partial charge in [0.25, 0.3) is 0 Å². The summed E-state index contributed by atoms with van der Waals surface area (Å²) in [5.41, 5.74) is 4.42. The van der Waals surface area contributed by atoms with Gasteiger partial charge in [0.05, 0.1) is 11.1 Å². The second-order valence-electron chi connectivity index (χ2n) is 4.80.